The minimum Gasteiger partial charge on any atom is -0.396 e. The molecule has 3 N–H and O–H groups in total. The summed E-state index contributed by atoms with van der Waals surface area (Å²) in [7, 11) is 0. The first-order chi connectivity index (χ1) is 10.6. The zero-order valence-corrected chi connectivity index (χ0v) is 15.0. The third kappa shape index (κ3) is 2.34. The van der Waals surface area contributed by atoms with E-state index >= 15 is 0 Å². The lowest BCUT2D eigenvalue weighted by Crippen LogP contribution is -2.67. The van der Waals surface area contributed by atoms with Gasteiger partial charge in [0.25, 0.3) is 0 Å². The van der Waals surface area contributed by atoms with Crippen molar-refractivity contribution in [3.63, 3.8) is 0 Å². The van der Waals surface area contributed by atoms with Crippen LogP contribution in [0.4, 0.5) is 0 Å². The van der Waals surface area contributed by atoms with Crippen molar-refractivity contribution < 1.29 is 15.3 Å². The van der Waals surface area contributed by atoms with E-state index in [1.165, 1.54) is 0 Å². The van der Waals surface area contributed by atoms with Crippen LogP contribution in [-0.4, -0.2) is 33.6 Å². The number of hydrogen-bond acceptors (Lipinski definition) is 3. The molecule has 0 bridgehead atoms. The first kappa shape index (κ1) is 17.4. The van der Waals surface area contributed by atoms with Gasteiger partial charge >= 0.3 is 0 Å². The second-order valence-corrected chi connectivity index (χ2v) is 9.59. The van der Waals surface area contributed by atoms with Gasteiger partial charge in [0.15, 0.2) is 0 Å². The molecule has 0 aromatic carbocycles. The molecular formula is C20H34O3. The zero-order chi connectivity index (χ0) is 17.1. The molecule has 0 aromatic heterocycles. The standard InChI is InChI=1S/C20H34O3/c1-5-17(2)10-7-14-19(4)9-6-8-18(3,13-21)15(19)11-16(22)20(14,23)12-17/h5,14-16,21-23H,1,6-13H2,2-4H3/t14-,15-,16+,17+,18+,19+,20-/m1/s1. The highest BCUT2D eigenvalue weighted by molar-refractivity contribution is 5.17. The molecule has 7 atom stereocenters. The highest BCUT2D eigenvalue weighted by Gasteiger charge is 2.65. The van der Waals surface area contributed by atoms with E-state index in [0.717, 1.165) is 32.1 Å². The van der Waals surface area contributed by atoms with Crippen LogP contribution in [0, 0.1) is 28.1 Å². The van der Waals surface area contributed by atoms with Gasteiger partial charge in [-0.25, -0.2) is 0 Å². The van der Waals surface area contributed by atoms with E-state index in [4.69, 9.17) is 0 Å². The lowest BCUT2D eigenvalue weighted by atomic mass is 9.41. The Morgan fingerprint density at radius 3 is 2.43 bits per heavy atom. The zero-order valence-electron chi connectivity index (χ0n) is 15.0. The van der Waals surface area contributed by atoms with Gasteiger partial charge < -0.3 is 15.3 Å². The van der Waals surface area contributed by atoms with Crippen LogP contribution in [0.3, 0.4) is 0 Å². The van der Waals surface area contributed by atoms with Gasteiger partial charge in [-0.05, 0) is 66.6 Å². The summed E-state index contributed by atoms with van der Waals surface area (Å²) in [4.78, 5) is 0. The minimum absolute atomic E-state index is 0.00616. The molecule has 3 nitrogen and oxygen atoms in total. The molecule has 3 fully saturated rings. The molecule has 0 unspecified atom stereocenters. The molecule has 3 rings (SSSR count). The molecule has 3 saturated carbocycles. The van der Waals surface area contributed by atoms with Crippen molar-refractivity contribution in [2.75, 3.05) is 6.61 Å². The molecule has 0 spiro atoms. The molecule has 0 aromatic rings. The van der Waals surface area contributed by atoms with Crippen LogP contribution in [-0.2, 0) is 0 Å². The van der Waals surface area contributed by atoms with E-state index in [9.17, 15) is 15.3 Å². The van der Waals surface area contributed by atoms with E-state index in [-0.39, 0.29) is 34.7 Å². The van der Waals surface area contributed by atoms with Crippen molar-refractivity contribution >= 4 is 0 Å². The van der Waals surface area contributed by atoms with Gasteiger partial charge in [0.05, 0.1) is 11.7 Å². The Kier molecular flexibility index (Phi) is 4.02. The van der Waals surface area contributed by atoms with Gasteiger partial charge in [-0.15, -0.1) is 6.58 Å². The number of aliphatic hydroxyl groups excluding tert-OH is 2. The van der Waals surface area contributed by atoms with E-state index in [1.54, 1.807) is 0 Å². The lowest BCUT2D eigenvalue weighted by molar-refractivity contribution is -0.255. The number of allylic oxidation sites excluding steroid dienone is 1. The molecule has 0 amide bonds. The fraction of sp³-hybridized carbons (Fsp3) is 0.900. The molecule has 0 radical (unpaired) electrons. The summed E-state index contributed by atoms with van der Waals surface area (Å²) in [5, 5.41) is 32.4. The molecule has 0 saturated heterocycles. The third-order valence-electron chi connectivity index (χ3n) is 8.08. The van der Waals surface area contributed by atoms with Crippen LogP contribution in [0.5, 0.6) is 0 Å². The van der Waals surface area contributed by atoms with Crippen molar-refractivity contribution in [2.24, 2.45) is 28.1 Å². The largest absolute Gasteiger partial charge is 0.396 e. The second kappa shape index (κ2) is 5.31. The first-order valence-electron chi connectivity index (χ1n) is 9.28. The van der Waals surface area contributed by atoms with Crippen molar-refractivity contribution in [3.8, 4) is 0 Å². The van der Waals surface area contributed by atoms with Gasteiger partial charge in [0.2, 0.25) is 0 Å². The number of hydrogen-bond donors (Lipinski definition) is 3. The normalized spacial score (nSPS) is 56.5. The summed E-state index contributed by atoms with van der Waals surface area (Å²) in [6, 6.07) is 0. The van der Waals surface area contributed by atoms with Crippen LogP contribution in [0.1, 0.15) is 65.7 Å². The molecule has 0 heterocycles. The summed E-state index contributed by atoms with van der Waals surface area (Å²) < 4.78 is 0. The van der Waals surface area contributed by atoms with Crippen molar-refractivity contribution in [3.05, 3.63) is 12.7 Å². The van der Waals surface area contributed by atoms with E-state index in [0.29, 0.717) is 12.8 Å². The quantitative estimate of drug-likeness (QED) is 0.684. The maximum Gasteiger partial charge on any atom is 0.0946 e. The molecule has 3 heteroatoms. The van der Waals surface area contributed by atoms with Gasteiger partial charge in [-0.2, -0.15) is 0 Å². The van der Waals surface area contributed by atoms with Crippen LogP contribution in [0.25, 0.3) is 0 Å². The van der Waals surface area contributed by atoms with E-state index in [2.05, 4.69) is 27.4 Å². The number of rotatable bonds is 2. The number of fused-ring (bicyclic) bond motifs is 3. The Morgan fingerprint density at radius 1 is 1.13 bits per heavy atom. The smallest absolute Gasteiger partial charge is 0.0946 e. The van der Waals surface area contributed by atoms with E-state index < -0.39 is 11.7 Å². The van der Waals surface area contributed by atoms with Gasteiger partial charge in [-0.3, -0.25) is 0 Å². The average molecular weight is 322 g/mol. The monoisotopic (exact) mass is 322 g/mol. The van der Waals surface area contributed by atoms with Crippen molar-refractivity contribution in [1.29, 1.82) is 0 Å². The maximum absolute atomic E-state index is 11.5. The Morgan fingerprint density at radius 2 is 1.83 bits per heavy atom. The predicted octanol–water partition coefficient (Wildman–Crippen LogP) is 3.28. The second-order valence-electron chi connectivity index (χ2n) is 9.59. The summed E-state index contributed by atoms with van der Waals surface area (Å²) in [5.41, 5.74) is -1.23. The summed E-state index contributed by atoms with van der Waals surface area (Å²) in [6.45, 7) is 10.8. The molecule has 0 aliphatic heterocycles. The van der Waals surface area contributed by atoms with Crippen molar-refractivity contribution in [2.45, 2.75) is 77.4 Å². The maximum atomic E-state index is 11.5. The lowest BCUT2D eigenvalue weighted by Gasteiger charge is -2.66. The Hall–Kier alpha value is -0.380. The molecule has 23 heavy (non-hydrogen) atoms. The fourth-order valence-corrected chi connectivity index (χ4v) is 6.61. The topological polar surface area (TPSA) is 60.7 Å². The van der Waals surface area contributed by atoms with Gasteiger partial charge in [0, 0.05) is 6.61 Å². The summed E-state index contributed by atoms with van der Waals surface area (Å²) in [5.74, 6) is 0.394. The van der Waals surface area contributed by atoms with E-state index in [1.807, 2.05) is 6.08 Å². The van der Waals surface area contributed by atoms with Gasteiger partial charge in [0.1, 0.15) is 0 Å². The highest BCUT2D eigenvalue weighted by Crippen LogP contribution is 2.66. The van der Waals surface area contributed by atoms with Gasteiger partial charge in [-0.1, -0.05) is 33.3 Å². The SMILES string of the molecule is C=C[C@@]1(C)CC[C@@H]2[C@]3(C)CCC[C@@](C)(CO)[C@H]3C[C@H](O)[C@@]2(O)C1. The van der Waals surface area contributed by atoms with Crippen LogP contribution >= 0.6 is 0 Å². The fourth-order valence-electron chi connectivity index (χ4n) is 6.61. The Labute approximate surface area is 140 Å². The number of aliphatic hydroxyl groups is 3. The van der Waals surface area contributed by atoms with Crippen molar-refractivity contribution in [1.82, 2.24) is 0 Å². The molecular weight excluding hydrogens is 288 g/mol. The highest BCUT2D eigenvalue weighted by atomic mass is 16.3. The van der Waals surface area contributed by atoms with Crippen LogP contribution in [0.15, 0.2) is 12.7 Å². The molecule has 132 valence electrons. The van der Waals surface area contributed by atoms with Crippen LogP contribution in [0.2, 0.25) is 0 Å². The predicted molar refractivity (Wildman–Crippen MR) is 91.9 cm³/mol. The third-order valence-corrected chi connectivity index (χ3v) is 8.08. The van der Waals surface area contributed by atoms with Crippen LogP contribution < -0.4 is 0 Å². The molecule has 3 aliphatic carbocycles. The summed E-state index contributed by atoms with van der Waals surface area (Å²) >= 11 is 0. The first-order valence-corrected chi connectivity index (χ1v) is 9.28. The summed E-state index contributed by atoms with van der Waals surface area (Å²) in [6.07, 6.45) is 7.64. The Balaban J connectivity index is 2.01. The minimum atomic E-state index is -1.01. The average Bonchev–Trinajstić information content (AvgIpc) is 2.50. The molecule has 3 aliphatic rings. The Bertz CT molecular complexity index is 491.